The Balaban J connectivity index is 2.79. The summed E-state index contributed by atoms with van der Waals surface area (Å²) < 4.78 is 10.6. The molecule has 0 aromatic rings. The lowest BCUT2D eigenvalue weighted by atomic mass is 10.0. The maximum Gasteiger partial charge on any atom is 0.331 e. The Hall–Kier alpha value is -2.03. The first-order valence-electron chi connectivity index (χ1n) is 11.1. The Morgan fingerprint density at radius 3 is 2.38 bits per heavy atom. The van der Waals surface area contributed by atoms with Crippen molar-refractivity contribution in [3.8, 4) is 0 Å². The zero-order valence-corrected chi connectivity index (χ0v) is 19.0. The summed E-state index contributed by atoms with van der Waals surface area (Å²) >= 11 is 0. The topological polar surface area (TPSA) is 116 Å². The summed E-state index contributed by atoms with van der Waals surface area (Å²) in [5, 5.41) is 40.5. The van der Waals surface area contributed by atoms with Gasteiger partial charge in [0.25, 0.3) is 0 Å². The van der Waals surface area contributed by atoms with Gasteiger partial charge in [-0.05, 0) is 39.0 Å². The third-order valence-corrected chi connectivity index (χ3v) is 4.96. The monoisotopic (exact) mass is 450 g/mol. The van der Waals surface area contributed by atoms with Crippen molar-refractivity contribution in [2.45, 2.75) is 82.1 Å². The highest BCUT2D eigenvalue weighted by Gasteiger charge is 2.17. The van der Waals surface area contributed by atoms with Crippen LogP contribution in [-0.4, -0.2) is 70.1 Å². The first-order chi connectivity index (χ1) is 15.3. The van der Waals surface area contributed by atoms with Crippen LogP contribution in [0.2, 0.25) is 0 Å². The molecule has 0 unspecified atom stereocenters. The van der Waals surface area contributed by atoms with Gasteiger partial charge in [0, 0.05) is 19.6 Å². The van der Waals surface area contributed by atoms with E-state index in [1.807, 2.05) is 0 Å². The molecule has 32 heavy (non-hydrogen) atoms. The summed E-state index contributed by atoms with van der Waals surface area (Å²) in [6.45, 7) is 1.80. The van der Waals surface area contributed by atoms with E-state index in [1.54, 1.807) is 55.5 Å². The van der Waals surface area contributed by atoms with Gasteiger partial charge < -0.3 is 29.9 Å². The van der Waals surface area contributed by atoms with Gasteiger partial charge in [0.1, 0.15) is 6.10 Å². The summed E-state index contributed by atoms with van der Waals surface area (Å²) in [6.07, 6.45) is 14.9. The highest BCUT2D eigenvalue weighted by Crippen LogP contribution is 2.13. The molecule has 180 valence electrons. The molecule has 7 nitrogen and oxygen atoms in total. The van der Waals surface area contributed by atoms with Crippen molar-refractivity contribution in [3.05, 3.63) is 60.8 Å². The number of allylic oxidation sites excluding steroid dienone is 4. The number of aliphatic hydroxyl groups excluding tert-OH is 4. The van der Waals surface area contributed by atoms with E-state index in [1.165, 1.54) is 19.3 Å². The molecule has 0 fully saturated rings. The molecular weight excluding hydrogens is 412 g/mol. The molecule has 1 aliphatic rings. The lowest BCUT2D eigenvalue weighted by Crippen LogP contribution is -2.27. The normalized spacial score (nSPS) is 37.4. The Bertz CT molecular complexity index is 665. The van der Waals surface area contributed by atoms with Gasteiger partial charge in [-0.15, -0.1) is 0 Å². The highest BCUT2D eigenvalue weighted by atomic mass is 16.5. The molecule has 0 aromatic carbocycles. The number of hydrogen-bond acceptors (Lipinski definition) is 7. The average Bonchev–Trinajstić information content (AvgIpc) is 2.72. The van der Waals surface area contributed by atoms with Crippen LogP contribution in [0.5, 0.6) is 0 Å². The lowest BCUT2D eigenvalue weighted by Gasteiger charge is -2.20. The average molecular weight is 451 g/mol. The zero-order chi connectivity index (χ0) is 23.8. The van der Waals surface area contributed by atoms with Gasteiger partial charge in [-0.1, -0.05) is 54.7 Å². The summed E-state index contributed by atoms with van der Waals surface area (Å²) in [6, 6.07) is 0. The van der Waals surface area contributed by atoms with E-state index in [0.29, 0.717) is 32.1 Å². The Morgan fingerprint density at radius 2 is 1.62 bits per heavy atom. The van der Waals surface area contributed by atoms with Crippen LogP contribution in [0.15, 0.2) is 60.8 Å². The number of hydrogen-bond donors (Lipinski definition) is 4. The molecule has 0 bridgehead atoms. The van der Waals surface area contributed by atoms with Crippen molar-refractivity contribution >= 4 is 5.97 Å². The molecule has 0 spiro atoms. The number of ether oxygens (including phenoxy) is 2. The van der Waals surface area contributed by atoms with E-state index in [-0.39, 0.29) is 12.5 Å². The minimum Gasteiger partial charge on any atom is -0.460 e. The third-order valence-electron chi connectivity index (χ3n) is 4.96. The maximum absolute atomic E-state index is 11.9. The van der Waals surface area contributed by atoms with Crippen LogP contribution < -0.4 is 0 Å². The molecule has 7 heteroatoms. The van der Waals surface area contributed by atoms with Crippen molar-refractivity contribution in [3.63, 3.8) is 0 Å². The molecular formula is C25H38O7. The molecule has 0 saturated carbocycles. The van der Waals surface area contributed by atoms with Gasteiger partial charge in [0.2, 0.25) is 0 Å². The molecule has 0 aliphatic carbocycles. The van der Waals surface area contributed by atoms with E-state index in [0.717, 1.165) is 0 Å². The van der Waals surface area contributed by atoms with Crippen LogP contribution in [0.1, 0.15) is 45.4 Å². The highest BCUT2D eigenvalue weighted by molar-refractivity contribution is 5.82. The molecule has 0 radical (unpaired) electrons. The van der Waals surface area contributed by atoms with Gasteiger partial charge in [-0.25, -0.2) is 4.79 Å². The number of aliphatic hydroxyl groups is 4. The predicted molar refractivity (Wildman–Crippen MR) is 124 cm³/mol. The maximum atomic E-state index is 11.9. The summed E-state index contributed by atoms with van der Waals surface area (Å²) in [5.74, 6) is -0.448. The largest absolute Gasteiger partial charge is 0.460 e. The smallest absolute Gasteiger partial charge is 0.331 e. The lowest BCUT2D eigenvalue weighted by molar-refractivity contribution is -0.142. The second-order valence-electron chi connectivity index (χ2n) is 7.93. The van der Waals surface area contributed by atoms with E-state index >= 15 is 0 Å². The number of cyclic esters (lactones) is 1. The molecule has 1 rings (SSSR count). The van der Waals surface area contributed by atoms with Crippen LogP contribution in [0.4, 0.5) is 0 Å². The first kappa shape index (κ1) is 28.0. The molecule has 0 saturated heterocycles. The minimum atomic E-state index is -0.870. The Morgan fingerprint density at radius 1 is 0.906 bits per heavy atom. The van der Waals surface area contributed by atoms with Crippen LogP contribution >= 0.6 is 0 Å². The van der Waals surface area contributed by atoms with Gasteiger partial charge in [-0.3, -0.25) is 0 Å². The summed E-state index contributed by atoms with van der Waals surface area (Å²) in [5.41, 5.74) is 0. The SMILES string of the molecule is CO[C@@H]1/C=C/[C@H](O)C[C@@H](O)C/C=C\C=C\[C@@H](O)C/C=C/C=C\C(=O)O[C@@H](C)CCC[C@@H]1O. The fourth-order valence-corrected chi connectivity index (χ4v) is 3.15. The zero-order valence-electron chi connectivity index (χ0n) is 19.0. The van der Waals surface area contributed by atoms with Crippen LogP contribution in [0, 0.1) is 0 Å². The number of rotatable bonds is 1. The number of carbonyl (C=O) groups excluding carboxylic acids is 1. The van der Waals surface area contributed by atoms with E-state index in [4.69, 9.17) is 9.47 Å². The van der Waals surface area contributed by atoms with Gasteiger partial charge in [0.15, 0.2) is 0 Å². The van der Waals surface area contributed by atoms with Gasteiger partial charge >= 0.3 is 5.97 Å². The van der Waals surface area contributed by atoms with Crippen molar-refractivity contribution in [1.29, 1.82) is 0 Å². The van der Waals surface area contributed by atoms with E-state index in [2.05, 4.69) is 0 Å². The summed E-state index contributed by atoms with van der Waals surface area (Å²) in [7, 11) is 1.48. The molecule has 6 atom stereocenters. The molecule has 1 aliphatic heterocycles. The van der Waals surface area contributed by atoms with Crippen LogP contribution in [0.25, 0.3) is 0 Å². The fourth-order valence-electron chi connectivity index (χ4n) is 3.15. The van der Waals surface area contributed by atoms with Crippen molar-refractivity contribution < 1.29 is 34.7 Å². The second kappa shape index (κ2) is 16.6. The number of esters is 1. The Labute approximate surface area is 191 Å². The molecule has 4 N–H and O–H groups in total. The van der Waals surface area contributed by atoms with Crippen molar-refractivity contribution in [1.82, 2.24) is 0 Å². The van der Waals surface area contributed by atoms with Crippen molar-refractivity contribution in [2.75, 3.05) is 7.11 Å². The van der Waals surface area contributed by atoms with E-state index in [9.17, 15) is 25.2 Å². The molecule has 0 aromatic heterocycles. The number of carbonyl (C=O) groups is 1. The third kappa shape index (κ3) is 13.4. The second-order valence-corrected chi connectivity index (χ2v) is 7.93. The first-order valence-corrected chi connectivity index (χ1v) is 11.1. The number of methoxy groups -OCH3 is 1. The van der Waals surface area contributed by atoms with Crippen molar-refractivity contribution in [2.24, 2.45) is 0 Å². The summed E-state index contributed by atoms with van der Waals surface area (Å²) in [4.78, 5) is 11.9. The predicted octanol–water partition coefficient (Wildman–Crippen LogP) is 2.51. The minimum absolute atomic E-state index is 0.154. The van der Waals surface area contributed by atoms with E-state index < -0.39 is 36.5 Å². The van der Waals surface area contributed by atoms with Gasteiger partial charge in [0.05, 0.1) is 30.5 Å². The molecule has 1 heterocycles. The molecule has 0 amide bonds. The van der Waals surface area contributed by atoms with Crippen LogP contribution in [0.3, 0.4) is 0 Å². The Kier molecular flexibility index (Phi) is 14.5. The van der Waals surface area contributed by atoms with Gasteiger partial charge in [-0.2, -0.15) is 0 Å². The van der Waals surface area contributed by atoms with Crippen LogP contribution in [-0.2, 0) is 14.3 Å². The fraction of sp³-hybridized carbons (Fsp3) is 0.560. The standard InChI is InChI=1S/C25H38O7/c1-19-10-9-14-23(29)24(31-2)17-16-22(28)18-21(27)13-7-3-5-11-20(26)12-6-4-8-15-25(30)32-19/h3-8,11,15-17,19-24,26-29H,9-10,12-14,18H2,1-2H3/b6-4+,7-3-,11-5+,15-8-,17-16+/t19-,20+,21-,22-,23-,24+/m0/s1. The quantitative estimate of drug-likeness (QED) is 0.358.